The molecule has 6 heteroatoms. The van der Waals surface area contributed by atoms with E-state index in [4.69, 9.17) is 5.11 Å². The molecule has 1 atom stereocenters. The van der Waals surface area contributed by atoms with Gasteiger partial charge in [0.25, 0.3) is 5.91 Å². The summed E-state index contributed by atoms with van der Waals surface area (Å²) in [4.78, 5) is 24.3. The zero-order chi connectivity index (χ0) is 11.7. The Bertz CT molecular complexity index is 427. The lowest BCUT2D eigenvalue weighted by atomic mass is 10.1. The summed E-state index contributed by atoms with van der Waals surface area (Å²) < 4.78 is 0. The first-order valence-electron chi connectivity index (χ1n) is 5.11. The summed E-state index contributed by atoms with van der Waals surface area (Å²) in [5, 5.41) is 15.3. The standard InChI is InChI=1S/C10H13N3O3/c1-6-8(4-11-12-6)9(14)13-3-2-7(5-13)10(15)16/h4,7H,2-3,5H2,1H3,(H,11,12)(H,15,16). The predicted octanol–water partition coefficient (Wildman–Crippen LogP) is 0.265. The number of likely N-dealkylation sites (tertiary alicyclic amines) is 1. The molecular weight excluding hydrogens is 210 g/mol. The number of nitrogens with one attached hydrogen (secondary N) is 1. The number of aromatic nitrogens is 2. The van der Waals surface area contributed by atoms with E-state index in [1.54, 1.807) is 11.8 Å². The Hall–Kier alpha value is -1.85. The Morgan fingerprint density at radius 2 is 2.38 bits per heavy atom. The highest BCUT2D eigenvalue weighted by Gasteiger charge is 2.31. The predicted molar refractivity (Wildman–Crippen MR) is 55.0 cm³/mol. The second-order valence-electron chi connectivity index (χ2n) is 3.98. The summed E-state index contributed by atoms with van der Waals surface area (Å²) >= 11 is 0. The Morgan fingerprint density at radius 3 is 2.88 bits per heavy atom. The molecule has 2 rings (SSSR count). The van der Waals surface area contributed by atoms with Crippen molar-refractivity contribution in [2.75, 3.05) is 13.1 Å². The van der Waals surface area contributed by atoms with Crippen molar-refractivity contribution >= 4 is 11.9 Å². The van der Waals surface area contributed by atoms with Crippen molar-refractivity contribution in [2.45, 2.75) is 13.3 Å². The van der Waals surface area contributed by atoms with Crippen molar-refractivity contribution < 1.29 is 14.7 Å². The first-order valence-corrected chi connectivity index (χ1v) is 5.11. The molecule has 2 N–H and O–H groups in total. The molecule has 86 valence electrons. The van der Waals surface area contributed by atoms with Crippen LogP contribution in [0.5, 0.6) is 0 Å². The highest BCUT2D eigenvalue weighted by molar-refractivity contribution is 5.95. The van der Waals surface area contributed by atoms with E-state index in [-0.39, 0.29) is 5.91 Å². The maximum atomic E-state index is 12.0. The number of amides is 1. The quantitative estimate of drug-likeness (QED) is 0.753. The third-order valence-corrected chi connectivity index (χ3v) is 2.89. The molecule has 1 fully saturated rings. The highest BCUT2D eigenvalue weighted by atomic mass is 16.4. The normalized spacial score (nSPS) is 20.1. The fourth-order valence-electron chi connectivity index (χ4n) is 1.88. The van der Waals surface area contributed by atoms with Crippen LogP contribution in [-0.2, 0) is 4.79 Å². The van der Waals surface area contributed by atoms with Crippen LogP contribution in [0.2, 0.25) is 0 Å². The fraction of sp³-hybridized carbons (Fsp3) is 0.500. The van der Waals surface area contributed by atoms with Crippen LogP contribution >= 0.6 is 0 Å². The second kappa shape index (κ2) is 3.96. The topological polar surface area (TPSA) is 86.3 Å². The lowest BCUT2D eigenvalue weighted by Crippen LogP contribution is -2.30. The molecule has 0 bridgehead atoms. The molecule has 0 saturated carbocycles. The molecule has 0 aliphatic carbocycles. The summed E-state index contributed by atoms with van der Waals surface area (Å²) in [5.74, 6) is -1.41. The summed E-state index contributed by atoms with van der Waals surface area (Å²) in [5.41, 5.74) is 1.23. The molecule has 16 heavy (non-hydrogen) atoms. The van der Waals surface area contributed by atoms with Gasteiger partial charge in [-0.3, -0.25) is 14.7 Å². The molecule has 1 aliphatic rings. The van der Waals surface area contributed by atoms with Crippen LogP contribution < -0.4 is 0 Å². The number of nitrogens with zero attached hydrogens (tertiary/aromatic N) is 2. The van der Waals surface area contributed by atoms with Crippen LogP contribution in [0, 0.1) is 12.8 Å². The van der Waals surface area contributed by atoms with E-state index in [9.17, 15) is 9.59 Å². The van der Waals surface area contributed by atoms with Crippen molar-refractivity contribution in [3.63, 3.8) is 0 Å². The maximum Gasteiger partial charge on any atom is 0.308 e. The molecule has 0 aromatic carbocycles. The number of rotatable bonds is 2. The second-order valence-corrected chi connectivity index (χ2v) is 3.98. The van der Waals surface area contributed by atoms with Gasteiger partial charge < -0.3 is 10.0 Å². The highest BCUT2D eigenvalue weighted by Crippen LogP contribution is 2.19. The van der Waals surface area contributed by atoms with Crippen molar-refractivity contribution in [3.8, 4) is 0 Å². The molecule has 2 heterocycles. The van der Waals surface area contributed by atoms with Gasteiger partial charge in [-0.25, -0.2) is 0 Å². The van der Waals surface area contributed by atoms with Crippen molar-refractivity contribution in [1.29, 1.82) is 0 Å². The van der Waals surface area contributed by atoms with Gasteiger partial charge in [-0.15, -0.1) is 0 Å². The van der Waals surface area contributed by atoms with Gasteiger partial charge in [0.15, 0.2) is 0 Å². The molecule has 1 amide bonds. The number of hydrogen-bond acceptors (Lipinski definition) is 3. The molecule has 0 spiro atoms. The summed E-state index contributed by atoms with van der Waals surface area (Å²) in [6.45, 7) is 2.56. The summed E-state index contributed by atoms with van der Waals surface area (Å²) in [6.07, 6.45) is 2.00. The number of aryl methyl sites for hydroxylation is 1. The number of carboxylic acid groups (broad SMARTS) is 1. The van der Waals surface area contributed by atoms with E-state index in [0.29, 0.717) is 30.8 Å². The molecule has 6 nitrogen and oxygen atoms in total. The first-order chi connectivity index (χ1) is 7.59. The van der Waals surface area contributed by atoms with Gasteiger partial charge in [0.1, 0.15) is 0 Å². The largest absolute Gasteiger partial charge is 0.481 e. The Labute approximate surface area is 92.3 Å². The number of carbonyl (C=O) groups is 2. The van der Waals surface area contributed by atoms with Crippen LogP contribution in [-0.4, -0.2) is 45.2 Å². The first kappa shape index (κ1) is 10.7. The SMILES string of the molecule is Cc1[nH]ncc1C(=O)N1CCC(C(=O)O)C1. The third-order valence-electron chi connectivity index (χ3n) is 2.89. The van der Waals surface area contributed by atoms with E-state index in [0.717, 1.165) is 0 Å². The van der Waals surface area contributed by atoms with E-state index in [1.165, 1.54) is 6.20 Å². The minimum atomic E-state index is -0.834. The maximum absolute atomic E-state index is 12.0. The van der Waals surface area contributed by atoms with Crippen LogP contribution in [0.25, 0.3) is 0 Å². The molecule has 1 aromatic rings. The Morgan fingerprint density at radius 1 is 1.62 bits per heavy atom. The van der Waals surface area contributed by atoms with Crippen LogP contribution in [0.3, 0.4) is 0 Å². The minimum absolute atomic E-state index is 0.144. The molecule has 0 radical (unpaired) electrons. The van der Waals surface area contributed by atoms with Crippen LogP contribution in [0.4, 0.5) is 0 Å². The lowest BCUT2D eigenvalue weighted by molar-refractivity contribution is -0.141. The summed E-state index contributed by atoms with van der Waals surface area (Å²) in [6, 6.07) is 0. The molecule has 1 saturated heterocycles. The molecule has 1 unspecified atom stereocenters. The Kier molecular flexibility index (Phi) is 2.64. The van der Waals surface area contributed by atoms with Crippen molar-refractivity contribution in [3.05, 3.63) is 17.5 Å². The van der Waals surface area contributed by atoms with Crippen molar-refractivity contribution in [1.82, 2.24) is 15.1 Å². The zero-order valence-electron chi connectivity index (χ0n) is 8.93. The van der Waals surface area contributed by atoms with E-state index in [1.807, 2.05) is 0 Å². The van der Waals surface area contributed by atoms with Gasteiger partial charge in [0.05, 0.1) is 17.7 Å². The number of H-pyrrole nitrogens is 1. The number of carboxylic acids is 1. The van der Waals surface area contributed by atoms with Gasteiger partial charge in [-0.05, 0) is 13.3 Å². The van der Waals surface area contributed by atoms with Crippen molar-refractivity contribution in [2.24, 2.45) is 5.92 Å². The van der Waals surface area contributed by atoms with Crippen LogP contribution in [0.15, 0.2) is 6.20 Å². The van der Waals surface area contributed by atoms with Crippen LogP contribution in [0.1, 0.15) is 22.5 Å². The van der Waals surface area contributed by atoms with Gasteiger partial charge in [0, 0.05) is 18.8 Å². The number of hydrogen-bond donors (Lipinski definition) is 2. The Balaban J connectivity index is 2.08. The number of aliphatic carboxylic acids is 1. The average Bonchev–Trinajstić information content (AvgIpc) is 2.84. The third kappa shape index (κ3) is 1.78. The smallest absolute Gasteiger partial charge is 0.308 e. The zero-order valence-corrected chi connectivity index (χ0v) is 8.93. The van der Waals surface area contributed by atoms with Gasteiger partial charge >= 0.3 is 5.97 Å². The monoisotopic (exact) mass is 223 g/mol. The van der Waals surface area contributed by atoms with Gasteiger partial charge in [-0.2, -0.15) is 5.10 Å². The summed E-state index contributed by atoms with van der Waals surface area (Å²) in [7, 11) is 0. The number of carbonyl (C=O) groups excluding carboxylic acids is 1. The van der Waals surface area contributed by atoms with E-state index < -0.39 is 11.9 Å². The molecular formula is C10H13N3O3. The lowest BCUT2D eigenvalue weighted by Gasteiger charge is -2.14. The minimum Gasteiger partial charge on any atom is -0.481 e. The van der Waals surface area contributed by atoms with E-state index >= 15 is 0 Å². The molecule has 1 aliphatic heterocycles. The van der Waals surface area contributed by atoms with Gasteiger partial charge in [0.2, 0.25) is 0 Å². The fourth-order valence-corrected chi connectivity index (χ4v) is 1.88. The molecule has 1 aromatic heterocycles. The average molecular weight is 223 g/mol. The van der Waals surface area contributed by atoms with E-state index in [2.05, 4.69) is 10.2 Å². The van der Waals surface area contributed by atoms with Gasteiger partial charge in [-0.1, -0.05) is 0 Å². The number of aromatic amines is 1.